The molecule has 1 heterocycles. The van der Waals surface area contributed by atoms with E-state index in [1.54, 1.807) is 6.20 Å². The van der Waals surface area contributed by atoms with Crippen LogP contribution in [0.25, 0.3) is 0 Å². The summed E-state index contributed by atoms with van der Waals surface area (Å²) in [5, 5.41) is 8.71. The van der Waals surface area contributed by atoms with Crippen LogP contribution in [-0.2, 0) is 9.53 Å². The third-order valence-electron chi connectivity index (χ3n) is 2.06. The predicted molar refractivity (Wildman–Crippen MR) is 48.0 cm³/mol. The minimum atomic E-state index is -0.261. The Balaban J connectivity index is 2.58. The second-order valence-electron chi connectivity index (χ2n) is 3.01. The van der Waals surface area contributed by atoms with Crippen molar-refractivity contribution in [2.24, 2.45) is 0 Å². The van der Waals surface area contributed by atoms with Crippen molar-refractivity contribution >= 4 is 5.97 Å². The molecule has 0 saturated heterocycles. The van der Waals surface area contributed by atoms with Gasteiger partial charge in [-0.1, -0.05) is 0 Å². The molecular formula is C9H15NO3. The molecule has 0 atom stereocenters. The molecule has 74 valence electrons. The monoisotopic (exact) mass is 185 g/mol. The normalized spacial score (nSPS) is 16.8. The highest BCUT2D eigenvalue weighted by atomic mass is 16.5. The molecule has 0 radical (unpaired) electrons. The van der Waals surface area contributed by atoms with Gasteiger partial charge in [-0.3, -0.25) is 0 Å². The van der Waals surface area contributed by atoms with Crippen molar-refractivity contribution < 1.29 is 14.6 Å². The number of aliphatic hydroxyl groups is 1. The molecule has 0 aromatic rings. The molecular weight excluding hydrogens is 170 g/mol. The second kappa shape index (κ2) is 4.87. The van der Waals surface area contributed by atoms with E-state index in [2.05, 4.69) is 4.74 Å². The van der Waals surface area contributed by atoms with Gasteiger partial charge in [-0.15, -0.1) is 0 Å². The van der Waals surface area contributed by atoms with Gasteiger partial charge in [0.25, 0.3) is 0 Å². The summed E-state index contributed by atoms with van der Waals surface area (Å²) in [5.41, 5.74) is 0.696. The van der Waals surface area contributed by atoms with E-state index < -0.39 is 0 Å². The van der Waals surface area contributed by atoms with Gasteiger partial charge in [0.2, 0.25) is 0 Å². The molecule has 0 aliphatic carbocycles. The molecule has 1 rings (SSSR count). The summed E-state index contributed by atoms with van der Waals surface area (Å²) in [4.78, 5) is 13.1. The largest absolute Gasteiger partial charge is 0.466 e. The van der Waals surface area contributed by atoms with Crippen LogP contribution in [0.15, 0.2) is 11.8 Å². The Labute approximate surface area is 77.8 Å². The first-order valence-corrected chi connectivity index (χ1v) is 4.42. The van der Waals surface area contributed by atoms with E-state index >= 15 is 0 Å². The molecule has 0 bridgehead atoms. The number of carbonyl (C=O) groups excluding carboxylic acids is 1. The van der Waals surface area contributed by atoms with Crippen LogP contribution in [-0.4, -0.2) is 42.8 Å². The summed E-state index contributed by atoms with van der Waals surface area (Å²) in [6, 6.07) is 0. The zero-order chi connectivity index (χ0) is 9.68. The summed E-state index contributed by atoms with van der Waals surface area (Å²) in [6.45, 7) is 1.60. The Morgan fingerprint density at radius 3 is 3.15 bits per heavy atom. The van der Waals surface area contributed by atoms with Crippen LogP contribution < -0.4 is 0 Å². The van der Waals surface area contributed by atoms with Crippen molar-refractivity contribution in [1.82, 2.24) is 4.90 Å². The van der Waals surface area contributed by atoms with Crippen molar-refractivity contribution in [2.45, 2.75) is 12.8 Å². The van der Waals surface area contributed by atoms with Crippen molar-refractivity contribution in [3.63, 3.8) is 0 Å². The molecule has 0 amide bonds. The SMILES string of the molecule is COC(=O)C1=CN(CCO)CCC1. The zero-order valence-corrected chi connectivity index (χ0v) is 7.82. The molecule has 4 nitrogen and oxygen atoms in total. The lowest BCUT2D eigenvalue weighted by Gasteiger charge is -2.24. The van der Waals surface area contributed by atoms with Gasteiger partial charge in [0.1, 0.15) is 0 Å². The molecule has 0 spiro atoms. The van der Waals surface area contributed by atoms with Crippen LogP contribution in [0.3, 0.4) is 0 Å². The third-order valence-corrected chi connectivity index (χ3v) is 2.06. The molecule has 4 heteroatoms. The number of nitrogens with zero attached hydrogens (tertiary/aromatic N) is 1. The smallest absolute Gasteiger partial charge is 0.335 e. The maximum Gasteiger partial charge on any atom is 0.335 e. The Kier molecular flexibility index (Phi) is 3.76. The number of esters is 1. The fourth-order valence-electron chi connectivity index (χ4n) is 1.41. The van der Waals surface area contributed by atoms with Crippen molar-refractivity contribution in [3.8, 4) is 0 Å². The van der Waals surface area contributed by atoms with Gasteiger partial charge in [-0.05, 0) is 12.8 Å². The maximum atomic E-state index is 11.1. The Hall–Kier alpha value is -1.03. The van der Waals surface area contributed by atoms with Crippen LogP contribution in [0.5, 0.6) is 0 Å². The second-order valence-corrected chi connectivity index (χ2v) is 3.01. The van der Waals surface area contributed by atoms with Crippen molar-refractivity contribution in [2.75, 3.05) is 26.8 Å². The molecule has 0 unspecified atom stereocenters. The molecule has 0 aromatic carbocycles. The van der Waals surface area contributed by atoms with Crippen molar-refractivity contribution in [1.29, 1.82) is 0 Å². The number of ether oxygens (including phenoxy) is 1. The summed E-state index contributed by atoms with van der Waals surface area (Å²) >= 11 is 0. The Bertz CT molecular complexity index is 213. The van der Waals surface area contributed by atoms with Crippen LogP contribution in [0.2, 0.25) is 0 Å². The molecule has 0 aromatic heterocycles. The van der Waals surface area contributed by atoms with E-state index in [0.29, 0.717) is 12.1 Å². The van der Waals surface area contributed by atoms with Gasteiger partial charge in [0.05, 0.1) is 19.3 Å². The topological polar surface area (TPSA) is 49.8 Å². The number of carbonyl (C=O) groups is 1. The average Bonchev–Trinajstić information content (AvgIpc) is 2.18. The molecule has 0 fully saturated rings. The number of aliphatic hydroxyl groups excluding tert-OH is 1. The number of hydrogen-bond donors (Lipinski definition) is 1. The zero-order valence-electron chi connectivity index (χ0n) is 7.82. The highest BCUT2D eigenvalue weighted by Crippen LogP contribution is 2.15. The summed E-state index contributed by atoms with van der Waals surface area (Å²) in [7, 11) is 1.38. The fraction of sp³-hybridized carbons (Fsp3) is 0.667. The standard InChI is InChI=1S/C9H15NO3/c1-13-9(12)8-3-2-4-10(7-8)5-6-11/h7,11H,2-6H2,1H3. The first kappa shape index (κ1) is 10.1. The molecule has 1 N–H and O–H groups in total. The van der Waals surface area contributed by atoms with Gasteiger partial charge in [-0.2, -0.15) is 0 Å². The minimum Gasteiger partial charge on any atom is -0.466 e. The van der Waals surface area contributed by atoms with E-state index in [1.807, 2.05) is 4.90 Å². The highest BCUT2D eigenvalue weighted by Gasteiger charge is 2.15. The van der Waals surface area contributed by atoms with Gasteiger partial charge < -0.3 is 14.7 Å². The van der Waals surface area contributed by atoms with Gasteiger partial charge in [0.15, 0.2) is 0 Å². The van der Waals surface area contributed by atoms with Crippen LogP contribution in [0.1, 0.15) is 12.8 Å². The van der Waals surface area contributed by atoms with Gasteiger partial charge in [0, 0.05) is 19.3 Å². The van der Waals surface area contributed by atoms with Crippen LogP contribution in [0.4, 0.5) is 0 Å². The summed E-state index contributed by atoms with van der Waals surface area (Å²) in [6.07, 6.45) is 3.50. The van der Waals surface area contributed by atoms with Crippen LogP contribution >= 0.6 is 0 Å². The summed E-state index contributed by atoms with van der Waals surface area (Å²) < 4.78 is 4.62. The van der Waals surface area contributed by atoms with E-state index in [0.717, 1.165) is 19.4 Å². The molecule has 13 heavy (non-hydrogen) atoms. The van der Waals surface area contributed by atoms with Gasteiger partial charge >= 0.3 is 5.97 Å². The Morgan fingerprint density at radius 2 is 2.54 bits per heavy atom. The number of methoxy groups -OCH3 is 1. The van der Waals surface area contributed by atoms with E-state index in [-0.39, 0.29) is 12.6 Å². The highest BCUT2D eigenvalue weighted by molar-refractivity contribution is 5.88. The lowest BCUT2D eigenvalue weighted by molar-refractivity contribution is -0.136. The number of β-amino-alcohol motifs (C(OH)–C–C–N with tert-alkyl or cyclic N) is 1. The average molecular weight is 185 g/mol. The molecule has 1 aliphatic rings. The van der Waals surface area contributed by atoms with Crippen molar-refractivity contribution in [3.05, 3.63) is 11.8 Å². The van der Waals surface area contributed by atoms with Crippen LogP contribution in [0, 0.1) is 0 Å². The Morgan fingerprint density at radius 1 is 1.77 bits per heavy atom. The number of hydrogen-bond acceptors (Lipinski definition) is 4. The first-order valence-electron chi connectivity index (χ1n) is 4.42. The van der Waals surface area contributed by atoms with E-state index in [1.165, 1.54) is 7.11 Å². The fourth-order valence-corrected chi connectivity index (χ4v) is 1.41. The molecule has 1 aliphatic heterocycles. The third kappa shape index (κ3) is 2.73. The first-order chi connectivity index (χ1) is 6.27. The predicted octanol–water partition coefficient (Wildman–Crippen LogP) is 0.131. The maximum absolute atomic E-state index is 11.1. The quantitative estimate of drug-likeness (QED) is 0.635. The van der Waals surface area contributed by atoms with E-state index in [4.69, 9.17) is 5.11 Å². The lowest BCUT2D eigenvalue weighted by atomic mass is 10.1. The lowest BCUT2D eigenvalue weighted by Crippen LogP contribution is -2.27. The molecule has 0 saturated carbocycles. The van der Waals surface area contributed by atoms with E-state index in [9.17, 15) is 4.79 Å². The number of rotatable bonds is 3. The summed E-state index contributed by atoms with van der Waals surface area (Å²) in [5.74, 6) is -0.261. The van der Waals surface area contributed by atoms with Gasteiger partial charge in [-0.25, -0.2) is 4.79 Å². The minimum absolute atomic E-state index is 0.116.